The van der Waals surface area contributed by atoms with Crippen LogP contribution in [0, 0.1) is 0 Å². The van der Waals surface area contributed by atoms with E-state index in [4.69, 9.17) is 9.47 Å². The van der Waals surface area contributed by atoms with Crippen LogP contribution in [-0.2, 0) is 0 Å². The van der Waals surface area contributed by atoms with E-state index in [1.54, 1.807) is 14.2 Å². The summed E-state index contributed by atoms with van der Waals surface area (Å²) < 4.78 is 11.0. The lowest BCUT2D eigenvalue weighted by molar-refractivity contribution is 0.102. The van der Waals surface area contributed by atoms with Crippen LogP contribution in [0.25, 0.3) is 0 Å². The van der Waals surface area contributed by atoms with Gasteiger partial charge in [0.25, 0.3) is 0 Å². The first-order valence-corrected chi connectivity index (χ1v) is 8.20. The number of ketones is 1. The van der Waals surface area contributed by atoms with E-state index in [-0.39, 0.29) is 5.78 Å². The number of hydrogen-bond donors (Lipinski definition) is 0. The molecule has 1 saturated carbocycles. The van der Waals surface area contributed by atoms with E-state index in [0.717, 1.165) is 29.0 Å². The Kier molecular flexibility index (Phi) is 3.92. The average molecular weight is 292 g/mol. The molecule has 0 aromatic heterocycles. The zero-order valence-electron chi connectivity index (χ0n) is 12.0. The summed E-state index contributed by atoms with van der Waals surface area (Å²) >= 11 is 1.82. The molecular formula is C16H20O3S. The molecule has 1 fully saturated rings. The minimum absolute atomic E-state index is 0.223. The SMILES string of the molecule is COc1ccc2c(c1OC)[C@@H]1CCCC[C@@H]1SCC2=O. The summed E-state index contributed by atoms with van der Waals surface area (Å²) in [7, 11) is 3.31. The van der Waals surface area contributed by atoms with Crippen LogP contribution in [-0.4, -0.2) is 31.0 Å². The highest BCUT2D eigenvalue weighted by Gasteiger charge is 2.36. The van der Waals surface area contributed by atoms with E-state index in [2.05, 4.69) is 0 Å². The number of carbonyl (C=O) groups excluding carboxylic acids is 1. The molecule has 1 aromatic carbocycles. The standard InChI is InChI=1S/C16H20O3S/c1-18-13-8-7-10-12(17)9-20-14-6-4-3-5-11(14)15(10)16(13)19-2/h7-8,11,14H,3-6,9H2,1-2H3/t11-,14+/m1/s1. The van der Waals surface area contributed by atoms with Crippen LogP contribution in [0.5, 0.6) is 11.5 Å². The van der Waals surface area contributed by atoms with Crippen molar-refractivity contribution < 1.29 is 14.3 Å². The first kappa shape index (κ1) is 13.8. The summed E-state index contributed by atoms with van der Waals surface area (Å²) in [6.45, 7) is 0. The zero-order valence-corrected chi connectivity index (χ0v) is 12.8. The Morgan fingerprint density at radius 1 is 1.15 bits per heavy atom. The molecule has 20 heavy (non-hydrogen) atoms. The van der Waals surface area contributed by atoms with Crippen molar-refractivity contribution >= 4 is 17.5 Å². The summed E-state index contributed by atoms with van der Waals surface area (Å²) in [5.74, 6) is 2.72. The summed E-state index contributed by atoms with van der Waals surface area (Å²) in [6, 6.07) is 3.76. The molecule has 0 amide bonds. The molecule has 0 spiro atoms. The molecular weight excluding hydrogens is 272 g/mol. The Morgan fingerprint density at radius 2 is 1.95 bits per heavy atom. The van der Waals surface area contributed by atoms with E-state index in [1.165, 1.54) is 19.3 Å². The smallest absolute Gasteiger partial charge is 0.173 e. The highest BCUT2D eigenvalue weighted by Crippen LogP contribution is 2.49. The molecule has 4 heteroatoms. The van der Waals surface area contributed by atoms with Crippen molar-refractivity contribution in [1.82, 2.24) is 0 Å². The van der Waals surface area contributed by atoms with E-state index >= 15 is 0 Å². The first-order valence-electron chi connectivity index (χ1n) is 7.16. The van der Waals surface area contributed by atoms with Crippen molar-refractivity contribution in [3.05, 3.63) is 23.3 Å². The lowest BCUT2D eigenvalue weighted by atomic mass is 9.80. The van der Waals surface area contributed by atoms with Crippen molar-refractivity contribution in [2.75, 3.05) is 20.0 Å². The minimum Gasteiger partial charge on any atom is -0.493 e. The molecule has 1 aliphatic carbocycles. The van der Waals surface area contributed by atoms with E-state index in [9.17, 15) is 4.79 Å². The summed E-state index contributed by atoms with van der Waals surface area (Å²) in [5, 5.41) is 0.537. The van der Waals surface area contributed by atoms with Crippen LogP contribution < -0.4 is 9.47 Å². The second kappa shape index (κ2) is 5.68. The van der Waals surface area contributed by atoms with Gasteiger partial charge in [0, 0.05) is 22.3 Å². The summed E-state index contributed by atoms with van der Waals surface area (Å²) in [4.78, 5) is 12.4. The maximum atomic E-state index is 12.4. The highest BCUT2D eigenvalue weighted by atomic mass is 32.2. The topological polar surface area (TPSA) is 35.5 Å². The van der Waals surface area contributed by atoms with Crippen LogP contribution in [0.2, 0.25) is 0 Å². The lowest BCUT2D eigenvalue weighted by Crippen LogP contribution is -2.20. The maximum absolute atomic E-state index is 12.4. The Morgan fingerprint density at radius 3 is 2.70 bits per heavy atom. The van der Waals surface area contributed by atoms with Crippen LogP contribution in [0.15, 0.2) is 12.1 Å². The number of rotatable bonds is 2. The van der Waals surface area contributed by atoms with Gasteiger partial charge in [0.05, 0.1) is 20.0 Å². The Balaban J connectivity index is 2.18. The highest BCUT2D eigenvalue weighted by molar-refractivity contribution is 8.00. The van der Waals surface area contributed by atoms with Crippen LogP contribution >= 0.6 is 11.8 Å². The molecule has 0 radical (unpaired) electrons. The number of thioether (sulfide) groups is 1. The van der Waals surface area contributed by atoms with Crippen molar-refractivity contribution in [2.24, 2.45) is 0 Å². The van der Waals surface area contributed by atoms with Gasteiger partial charge in [-0.1, -0.05) is 12.8 Å². The van der Waals surface area contributed by atoms with Crippen molar-refractivity contribution in [3.8, 4) is 11.5 Å². The van der Waals surface area contributed by atoms with E-state index in [0.29, 0.717) is 16.9 Å². The molecule has 0 saturated heterocycles. The lowest BCUT2D eigenvalue weighted by Gasteiger charge is -2.31. The van der Waals surface area contributed by atoms with E-state index < -0.39 is 0 Å². The normalized spacial score (nSPS) is 25.4. The fourth-order valence-electron chi connectivity index (χ4n) is 3.45. The number of hydrogen-bond acceptors (Lipinski definition) is 4. The molecule has 3 rings (SSSR count). The van der Waals surface area contributed by atoms with Gasteiger partial charge in [-0.05, 0) is 25.0 Å². The summed E-state index contributed by atoms with van der Waals surface area (Å²) in [6.07, 6.45) is 4.84. The second-order valence-corrected chi connectivity index (χ2v) is 6.65. The van der Waals surface area contributed by atoms with Crippen LogP contribution in [0.4, 0.5) is 0 Å². The van der Waals surface area contributed by atoms with Gasteiger partial charge >= 0.3 is 0 Å². The number of methoxy groups -OCH3 is 2. The predicted molar refractivity (Wildman–Crippen MR) is 81.3 cm³/mol. The Bertz CT molecular complexity index is 527. The Labute approximate surface area is 124 Å². The van der Waals surface area contributed by atoms with Gasteiger partial charge in [0.2, 0.25) is 0 Å². The predicted octanol–water partition coefficient (Wildman–Crippen LogP) is 3.66. The largest absolute Gasteiger partial charge is 0.493 e. The average Bonchev–Trinajstić information content (AvgIpc) is 2.64. The maximum Gasteiger partial charge on any atom is 0.173 e. The number of carbonyl (C=O) groups is 1. The number of benzene rings is 1. The van der Waals surface area contributed by atoms with Crippen molar-refractivity contribution in [1.29, 1.82) is 0 Å². The van der Waals surface area contributed by atoms with Crippen molar-refractivity contribution in [2.45, 2.75) is 36.9 Å². The van der Waals surface area contributed by atoms with Crippen LogP contribution in [0.3, 0.4) is 0 Å². The second-order valence-electron chi connectivity index (χ2n) is 5.43. The Hall–Kier alpha value is -1.16. The molecule has 0 bridgehead atoms. The molecule has 1 aromatic rings. The first-order chi connectivity index (χ1) is 9.76. The van der Waals surface area contributed by atoms with E-state index in [1.807, 2.05) is 23.9 Å². The number of ether oxygens (including phenoxy) is 2. The molecule has 2 atom stereocenters. The van der Waals surface area contributed by atoms with Gasteiger partial charge in [0.15, 0.2) is 17.3 Å². The third kappa shape index (κ3) is 2.20. The molecule has 3 nitrogen and oxygen atoms in total. The van der Waals surface area contributed by atoms with Gasteiger partial charge < -0.3 is 9.47 Å². The van der Waals surface area contributed by atoms with Gasteiger partial charge in [-0.15, -0.1) is 11.8 Å². The molecule has 0 N–H and O–H groups in total. The monoisotopic (exact) mass is 292 g/mol. The molecule has 1 aliphatic heterocycles. The molecule has 2 aliphatic rings. The van der Waals surface area contributed by atoms with Crippen molar-refractivity contribution in [3.63, 3.8) is 0 Å². The minimum atomic E-state index is 0.223. The number of fused-ring (bicyclic) bond motifs is 3. The summed E-state index contributed by atoms with van der Waals surface area (Å²) in [5.41, 5.74) is 1.93. The zero-order chi connectivity index (χ0) is 14.1. The molecule has 1 heterocycles. The van der Waals surface area contributed by atoms with Gasteiger partial charge in [-0.3, -0.25) is 4.79 Å². The fourth-order valence-corrected chi connectivity index (χ4v) is 4.81. The van der Waals surface area contributed by atoms with Gasteiger partial charge in [0.1, 0.15) is 0 Å². The number of Topliss-reactive ketones (excluding diaryl/α,β-unsaturated/α-hetero) is 1. The molecule has 0 unspecified atom stereocenters. The quantitative estimate of drug-likeness (QED) is 0.833. The van der Waals surface area contributed by atoms with Gasteiger partial charge in [-0.2, -0.15) is 0 Å². The van der Waals surface area contributed by atoms with Crippen LogP contribution in [0.1, 0.15) is 47.5 Å². The fraction of sp³-hybridized carbons (Fsp3) is 0.562. The third-order valence-electron chi connectivity index (χ3n) is 4.39. The molecule has 108 valence electrons. The third-order valence-corrected chi connectivity index (χ3v) is 5.81. The van der Waals surface area contributed by atoms with Gasteiger partial charge in [-0.25, -0.2) is 0 Å².